The van der Waals surface area contributed by atoms with E-state index in [4.69, 9.17) is 5.26 Å². The van der Waals surface area contributed by atoms with Crippen molar-refractivity contribution in [1.29, 1.82) is 5.26 Å². The summed E-state index contributed by atoms with van der Waals surface area (Å²) in [4.78, 5) is 11.9. The van der Waals surface area contributed by atoms with E-state index in [0.29, 0.717) is 5.56 Å². The molecule has 2 rings (SSSR count). The van der Waals surface area contributed by atoms with Crippen LogP contribution in [0.4, 0.5) is 5.69 Å². The van der Waals surface area contributed by atoms with Gasteiger partial charge in [-0.15, -0.1) is 0 Å². The Kier molecular flexibility index (Phi) is 3.83. The van der Waals surface area contributed by atoms with Gasteiger partial charge in [0.15, 0.2) is 0 Å². The van der Waals surface area contributed by atoms with E-state index >= 15 is 0 Å². The predicted molar refractivity (Wildman–Crippen MR) is 73.1 cm³/mol. The van der Waals surface area contributed by atoms with E-state index in [0.717, 1.165) is 15.4 Å². The molecule has 0 aliphatic rings. The Morgan fingerprint density at radius 2 is 1.89 bits per heavy atom. The molecule has 0 unspecified atom stereocenters. The van der Waals surface area contributed by atoms with Crippen LogP contribution in [0.2, 0.25) is 0 Å². The van der Waals surface area contributed by atoms with Crippen LogP contribution in [-0.4, -0.2) is 4.92 Å². The maximum Gasteiger partial charge on any atom is 0.269 e. The summed E-state index contributed by atoms with van der Waals surface area (Å²) in [6.07, 6.45) is 0. The Morgan fingerprint density at radius 1 is 1.21 bits per heavy atom. The highest BCUT2D eigenvalue weighted by Gasteiger charge is 2.09. The predicted octanol–water partition coefficient (Wildman–Crippen LogP) is 3.93. The molecule has 0 saturated heterocycles. The SMILES string of the molecule is Cc1cccc(C#N)c1Sc1ccc([N+](=O)[O-])cc1. The first-order valence-electron chi connectivity index (χ1n) is 5.54. The van der Waals surface area contributed by atoms with Gasteiger partial charge in [-0.3, -0.25) is 10.1 Å². The molecule has 0 amide bonds. The summed E-state index contributed by atoms with van der Waals surface area (Å²) in [5.74, 6) is 0. The first kappa shape index (κ1) is 13.1. The van der Waals surface area contributed by atoms with Crippen molar-refractivity contribution in [1.82, 2.24) is 0 Å². The molecule has 2 aromatic carbocycles. The van der Waals surface area contributed by atoms with Crippen LogP contribution in [0.3, 0.4) is 0 Å². The Balaban J connectivity index is 2.32. The van der Waals surface area contributed by atoms with Crippen LogP contribution >= 0.6 is 11.8 Å². The zero-order chi connectivity index (χ0) is 13.8. The lowest BCUT2D eigenvalue weighted by molar-refractivity contribution is -0.384. The quantitative estimate of drug-likeness (QED) is 0.626. The number of nitriles is 1. The highest BCUT2D eigenvalue weighted by Crippen LogP contribution is 2.33. The second-order valence-electron chi connectivity index (χ2n) is 3.92. The topological polar surface area (TPSA) is 66.9 Å². The summed E-state index contributed by atoms with van der Waals surface area (Å²) in [7, 11) is 0. The van der Waals surface area contributed by atoms with Crippen molar-refractivity contribution in [2.45, 2.75) is 16.7 Å². The monoisotopic (exact) mass is 270 g/mol. The van der Waals surface area contributed by atoms with Crippen LogP contribution in [-0.2, 0) is 0 Å². The van der Waals surface area contributed by atoms with Crippen LogP contribution < -0.4 is 0 Å². The van der Waals surface area contributed by atoms with E-state index < -0.39 is 4.92 Å². The molecule has 0 atom stereocenters. The minimum absolute atomic E-state index is 0.0645. The molecule has 0 N–H and O–H groups in total. The van der Waals surface area contributed by atoms with Gasteiger partial charge in [-0.25, -0.2) is 0 Å². The van der Waals surface area contributed by atoms with E-state index in [1.165, 1.54) is 23.9 Å². The first-order chi connectivity index (χ1) is 9.11. The molecule has 0 aromatic heterocycles. The van der Waals surface area contributed by atoms with E-state index in [1.54, 1.807) is 18.2 Å². The molecule has 0 aliphatic heterocycles. The van der Waals surface area contributed by atoms with Crippen molar-refractivity contribution in [2.75, 3.05) is 0 Å². The fraction of sp³-hybridized carbons (Fsp3) is 0.0714. The molecule has 0 aliphatic carbocycles. The smallest absolute Gasteiger partial charge is 0.258 e. The molecule has 5 heteroatoms. The van der Waals surface area contributed by atoms with E-state index in [9.17, 15) is 10.1 Å². The number of nitro benzene ring substituents is 1. The maximum atomic E-state index is 10.6. The number of nitro groups is 1. The number of hydrogen-bond acceptors (Lipinski definition) is 4. The molecule has 0 fully saturated rings. The zero-order valence-corrected chi connectivity index (χ0v) is 11.0. The summed E-state index contributed by atoms with van der Waals surface area (Å²) in [6.45, 7) is 1.94. The van der Waals surface area contributed by atoms with Crippen molar-refractivity contribution in [2.24, 2.45) is 0 Å². The van der Waals surface area contributed by atoms with Gasteiger partial charge in [0.05, 0.1) is 10.5 Å². The second kappa shape index (κ2) is 5.55. The molecular formula is C14H10N2O2S. The van der Waals surface area contributed by atoms with Crippen LogP contribution in [0.25, 0.3) is 0 Å². The van der Waals surface area contributed by atoms with Crippen LogP contribution in [0, 0.1) is 28.4 Å². The lowest BCUT2D eigenvalue weighted by Gasteiger charge is -2.07. The van der Waals surface area contributed by atoms with Gasteiger partial charge in [-0.1, -0.05) is 23.9 Å². The number of benzene rings is 2. The molecule has 2 aromatic rings. The molecule has 0 heterocycles. The molecule has 4 nitrogen and oxygen atoms in total. The van der Waals surface area contributed by atoms with Crippen molar-refractivity contribution in [3.05, 3.63) is 63.7 Å². The minimum Gasteiger partial charge on any atom is -0.258 e. The second-order valence-corrected chi connectivity index (χ2v) is 5.00. The van der Waals surface area contributed by atoms with Gasteiger partial charge in [-0.05, 0) is 30.7 Å². The summed E-state index contributed by atoms with van der Waals surface area (Å²) in [5, 5.41) is 19.7. The van der Waals surface area contributed by atoms with Crippen LogP contribution in [0.1, 0.15) is 11.1 Å². The average molecular weight is 270 g/mol. The average Bonchev–Trinajstić information content (AvgIpc) is 2.41. The summed E-state index contributed by atoms with van der Waals surface area (Å²) >= 11 is 1.44. The van der Waals surface area contributed by atoms with Gasteiger partial charge in [0.25, 0.3) is 5.69 Å². The Hall–Kier alpha value is -2.32. The minimum atomic E-state index is -0.428. The van der Waals surface area contributed by atoms with Crippen molar-refractivity contribution in [3.63, 3.8) is 0 Å². The molecule has 0 bridgehead atoms. The molecule has 0 spiro atoms. The number of hydrogen-bond donors (Lipinski definition) is 0. The van der Waals surface area contributed by atoms with Gasteiger partial charge in [-0.2, -0.15) is 5.26 Å². The third-order valence-corrected chi connectivity index (χ3v) is 3.85. The molecule has 19 heavy (non-hydrogen) atoms. The highest BCUT2D eigenvalue weighted by atomic mass is 32.2. The number of non-ortho nitro benzene ring substituents is 1. The van der Waals surface area contributed by atoms with E-state index in [-0.39, 0.29) is 5.69 Å². The molecule has 0 radical (unpaired) electrons. The molecular weight excluding hydrogens is 260 g/mol. The summed E-state index contributed by atoms with van der Waals surface area (Å²) in [6, 6.07) is 14.0. The molecule has 0 saturated carbocycles. The third-order valence-electron chi connectivity index (χ3n) is 2.60. The lowest BCUT2D eigenvalue weighted by Crippen LogP contribution is -1.88. The Bertz CT molecular complexity index is 660. The molecule has 94 valence electrons. The summed E-state index contributed by atoms with van der Waals surface area (Å²) < 4.78 is 0. The summed E-state index contributed by atoms with van der Waals surface area (Å²) in [5.41, 5.74) is 1.69. The van der Waals surface area contributed by atoms with Crippen LogP contribution in [0.15, 0.2) is 52.3 Å². The van der Waals surface area contributed by atoms with Gasteiger partial charge >= 0.3 is 0 Å². The van der Waals surface area contributed by atoms with Gasteiger partial charge in [0.2, 0.25) is 0 Å². The van der Waals surface area contributed by atoms with Gasteiger partial charge in [0.1, 0.15) is 6.07 Å². The largest absolute Gasteiger partial charge is 0.269 e. The Labute approximate surface area is 114 Å². The Morgan fingerprint density at radius 3 is 2.47 bits per heavy atom. The number of rotatable bonds is 3. The first-order valence-corrected chi connectivity index (χ1v) is 6.35. The standard InChI is InChI=1S/C14H10N2O2S/c1-10-3-2-4-11(9-15)14(10)19-13-7-5-12(6-8-13)16(17)18/h2-8H,1H3. The van der Waals surface area contributed by atoms with Gasteiger partial charge < -0.3 is 0 Å². The van der Waals surface area contributed by atoms with Gasteiger partial charge in [0, 0.05) is 21.9 Å². The van der Waals surface area contributed by atoms with Crippen molar-refractivity contribution in [3.8, 4) is 6.07 Å². The maximum absolute atomic E-state index is 10.6. The fourth-order valence-electron chi connectivity index (χ4n) is 1.63. The zero-order valence-electron chi connectivity index (χ0n) is 10.2. The normalized spacial score (nSPS) is 9.89. The van der Waals surface area contributed by atoms with E-state index in [2.05, 4.69) is 6.07 Å². The lowest BCUT2D eigenvalue weighted by atomic mass is 10.1. The number of nitrogens with zero attached hydrogens (tertiary/aromatic N) is 2. The van der Waals surface area contributed by atoms with Crippen molar-refractivity contribution >= 4 is 17.4 Å². The number of aryl methyl sites for hydroxylation is 1. The highest BCUT2D eigenvalue weighted by molar-refractivity contribution is 7.99. The van der Waals surface area contributed by atoms with Crippen LogP contribution in [0.5, 0.6) is 0 Å². The van der Waals surface area contributed by atoms with Crippen molar-refractivity contribution < 1.29 is 4.92 Å². The van der Waals surface area contributed by atoms with E-state index in [1.807, 2.05) is 19.1 Å². The third kappa shape index (κ3) is 2.92. The fourth-order valence-corrected chi connectivity index (χ4v) is 2.59.